The number of carboxylic acid groups (broad SMARTS) is 1. The van der Waals surface area contributed by atoms with Gasteiger partial charge in [-0.15, -0.1) is 11.8 Å². The molecule has 0 unspecified atom stereocenters. The molecule has 0 saturated heterocycles. The van der Waals surface area contributed by atoms with E-state index in [0.717, 1.165) is 0 Å². The summed E-state index contributed by atoms with van der Waals surface area (Å²) < 4.78 is 0. The highest BCUT2D eigenvalue weighted by molar-refractivity contribution is 7.99. The minimum Gasteiger partial charge on any atom is -0.481 e. The van der Waals surface area contributed by atoms with Gasteiger partial charge in [0, 0.05) is 11.4 Å². The lowest BCUT2D eigenvalue weighted by atomic mass is 10.2. The number of carboxylic acids is 1. The third-order valence-electron chi connectivity index (χ3n) is 2.05. The Morgan fingerprint density at radius 3 is 2.78 bits per heavy atom. The monoisotopic (exact) mass is 264 g/mol. The number of hydrogen-bond acceptors (Lipinski definition) is 4. The van der Waals surface area contributed by atoms with E-state index in [4.69, 9.17) is 10.4 Å². The van der Waals surface area contributed by atoms with Crippen molar-refractivity contribution >= 4 is 23.6 Å². The number of carbonyl (C=O) groups excluding carboxylic acids is 1. The largest absolute Gasteiger partial charge is 0.481 e. The molecule has 1 rings (SSSR count). The molecule has 0 aliphatic carbocycles. The average Bonchev–Trinajstić information content (AvgIpc) is 2.36. The number of amides is 1. The smallest absolute Gasteiger partial charge is 0.305 e. The topological polar surface area (TPSA) is 90.2 Å². The predicted octanol–water partition coefficient (Wildman–Crippen LogP) is 1.51. The fraction of sp³-hybridized carbons (Fsp3) is 0.250. The van der Waals surface area contributed by atoms with Crippen molar-refractivity contribution in [3.8, 4) is 6.07 Å². The summed E-state index contributed by atoms with van der Waals surface area (Å²) in [6.07, 6.45) is -0.112. The summed E-state index contributed by atoms with van der Waals surface area (Å²) in [6.45, 7) is 0.0887. The molecule has 0 atom stereocenters. The zero-order valence-corrected chi connectivity index (χ0v) is 10.4. The van der Waals surface area contributed by atoms with Crippen LogP contribution in [0.2, 0.25) is 0 Å². The number of rotatable bonds is 6. The molecule has 0 aromatic heterocycles. The van der Waals surface area contributed by atoms with Gasteiger partial charge in [0.1, 0.15) is 0 Å². The van der Waals surface area contributed by atoms with E-state index in [1.54, 1.807) is 24.3 Å². The van der Waals surface area contributed by atoms with Crippen molar-refractivity contribution in [1.29, 1.82) is 5.26 Å². The van der Waals surface area contributed by atoms with Crippen LogP contribution in [0.3, 0.4) is 0 Å². The first-order valence-electron chi connectivity index (χ1n) is 5.24. The first-order chi connectivity index (χ1) is 8.65. The lowest BCUT2D eigenvalue weighted by Crippen LogP contribution is -2.26. The van der Waals surface area contributed by atoms with Crippen LogP contribution in [0.4, 0.5) is 0 Å². The Balaban J connectivity index is 2.66. The number of benzene rings is 1. The maximum atomic E-state index is 11.8. The first kappa shape index (κ1) is 14.1. The zero-order valence-electron chi connectivity index (χ0n) is 9.55. The van der Waals surface area contributed by atoms with Gasteiger partial charge in [0.2, 0.25) is 0 Å². The molecule has 94 valence electrons. The highest BCUT2D eigenvalue weighted by Gasteiger charge is 2.10. The van der Waals surface area contributed by atoms with Crippen molar-refractivity contribution in [2.24, 2.45) is 0 Å². The van der Waals surface area contributed by atoms with Crippen LogP contribution in [0, 0.1) is 11.3 Å². The molecule has 0 saturated carbocycles. The van der Waals surface area contributed by atoms with Gasteiger partial charge >= 0.3 is 5.97 Å². The number of hydrogen-bond donors (Lipinski definition) is 2. The number of carbonyl (C=O) groups is 2. The van der Waals surface area contributed by atoms with Crippen LogP contribution in [-0.4, -0.2) is 29.3 Å². The second-order valence-corrected chi connectivity index (χ2v) is 4.36. The van der Waals surface area contributed by atoms with Crippen molar-refractivity contribution < 1.29 is 14.7 Å². The van der Waals surface area contributed by atoms with E-state index in [-0.39, 0.29) is 24.6 Å². The summed E-state index contributed by atoms with van der Waals surface area (Å²) in [5.74, 6) is -1.01. The highest BCUT2D eigenvalue weighted by atomic mass is 32.2. The second-order valence-electron chi connectivity index (χ2n) is 3.34. The Kier molecular flexibility index (Phi) is 5.74. The molecule has 5 nitrogen and oxygen atoms in total. The molecule has 1 aromatic carbocycles. The van der Waals surface area contributed by atoms with E-state index in [0.29, 0.717) is 10.5 Å². The Bertz CT molecular complexity index is 482. The van der Waals surface area contributed by atoms with Crippen LogP contribution in [0.15, 0.2) is 29.2 Å². The third kappa shape index (κ3) is 4.47. The van der Waals surface area contributed by atoms with Crippen molar-refractivity contribution in [2.75, 3.05) is 12.3 Å². The third-order valence-corrected chi connectivity index (χ3v) is 2.99. The normalized spacial score (nSPS) is 9.50. The van der Waals surface area contributed by atoms with Crippen LogP contribution >= 0.6 is 11.8 Å². The van der Waals surface area contributed by atoms with Gasteiger partial charge in [0.25, 0.3) is 5.91 Å². The van der Waals surface area contributed by atoms with E-state index in [1.165, 1.54) is 11.8 Å². The predicted molar refractivity (Wildman–Crippen MR) is 67.4 cm³/mol. The van der Waals surface area contributed by atoms with Crippen molar-refractivity contribution in [3.63, 3.8) is 0 Å². The van der Waals surface area contributed by atoms with Crippen LogP contribution in [0.5, 0.6) is 0 Å². The molecular formula is C12H12N2O3S. The molecular weight excluding hydrogens is 252 g/mol. The molecule has 2 N–H and O–H groups in total. The van der Waals surface area contributed by atoms with Gasteiger partial charge in [-0.1, -0.05) is 12.1 Å². The summed E-state index contributed by atoms with van der Waals surface area (Å²) in [5, 5.41) is 19.5. The van der Waals surface area contributed by atoms with Gasteiger partial charge in [-0.3, -0.25) is 9.59 Å². The maximum absolute atomic E-state index is 11.8. The lowest BCUT2D eigenvalue weighted by Gasteiger charge is -2.07. The molecule has 0 spiro atoms. The van der Waals surface area contributed by atoms with Crippen LogP contribution in [0.25, 0.3) is 0 Å². The van der Waals surface area contributed by atoms with Crippen molar-refractivity contribution in [3.05, 3.63) is 29.8 Å². The Morgan fingerprint density at radius 1 is 1.39 bits per heavy atom. The molecule has 1 amide bonds. The maximum Gasteiger partial charge on any atom is 0.305 e. The summed E-state index contributed by atoms with van der Waals surface area (Å²) in [4.78, 5) is 22.9. The van der Waals surface area contributed by atoms with Gasteiger partial charge in [-0.25, -0.2) is 0 Å². The molecule has 18 heavy (non-hydrogen) atoms. The van der Waals surface area contributed by atoms with Gasteiger partial charge in [0.15, 0.2) is 0 Å². The van der Waals surface area contributed by atoms with Crippen LogP contribution in [-0.2, 0) is 4.79 Å². The fourth-order valence-electron chi connectivity index (χ4n) is 1.27. The Morgan fingerprint density at radius 2 is 2.11 bits per heavy atom. The highest BCUT2D eigenvalue weighted by Crippen LogP contribution is 2.21. The van der Waals surface area contributed by atoms with Gasteiger partial charge in [0.05, 0.1) is 23.8 Å². The van der Waals surface area contributed by atoms with Crippen molar-refractivity contribution in [2.45, 2.75) is 11.3 Å². The minimum atomic E-state index is -0.956. The molecule has 0 radical (unpaired) electrons. The van der Waals surface area contributed by atoms with Gasteiger partial charge in [-0.05, 0) is 12.1 Å². The molecule has 0 fully saturated rings. The van der Waals surface area contributed by atoms with E-state index in [2.05, 4.69) is 5.32 Å². The number of aliphatic carboxylic acids is 1. The minimum absolute atomic E-state index is 0.0887. The van der Waals surface area contributed by atoms with E-state index in [1.807, 2.05) is 6.07 Å². The summed E-state index contributed by atoms with van der Waals surface area (Å²) >= 11 is 1.28. The van der Waals surface area contributed by atoms with E-state index in [9.17, 15) is 9.59 Å². The summed E-state index contributed by atoms with van der Waals surface area (Å²) in [6, 6.07) is 8.91. The fourth-order valence-corrected chi connectivity index (χ4v) is 1.98. The number of thioether (sulfide) groups is 1. The molecule has 0 bridgehead atoms. The van der Waals surface area contributed by atoms with Crippen LogP contribution < -0.4 is 5.32 Å². The number of nitriles is 1. The molecule has 0 heterocycles. The van der Waals surface area contributed by atoms with Gasteiger partial charge < -0.3 is 10.4 Å². The standard InChI is InChI=1S/C12H12N2O3S/c13-6-8-18-10-4-2-1-3-9(10)12(17)14-7-5-11(15)16/h1-4H,5,7-8H2,(H,14,17)(H,15,16). The van der Waals surface area contributed by atoms with Crippen LogP contribution in [0.1, 0.15) is 16.8 Å². The molecule has 0 aliphatic rings. The number of nitrogens with zero attached hydrogens (tertiary/aromatic N) is 1. The number of nitrogens with one attached hydrogen (secondary N) is 1. The summed E-state index contributed by atoms with van der Waals surface area (Å²) in [5.41, 5.74) is 0.461. The lowest BCUT2D eigenvalue weighted by molar-refractivity contribution is -0.136. The SMILES string of the molecule is N#CCSc1ccccc1C(=O)NCCC(=O)O. The van der Waals surface area contributed by atoms with E-state index < -0.39 is 5.97 Å². The zero-order chi connectivity index (χ0) is 13.4. The second kappa shape index (κ2) is 7.35. The first-order valence-corrected chi connectivity index (χ1v) is 6.22. The quantitative estimate of drug-likeness (QED) is 0.760. The molecule has 0 aliphatic heterocycles. The Labute approximate surface area is 109 Å². The summed E-state index contributed by atoms with van der Waals surface area (Å²) in [7, 11) is 0. The van der Waals surface area contributed by atoms with E-state index >= 15 is 0 Å². The molecule has 1 aromatic rings. The van der Waals surface area contributed by atoms with Crippen molar-refractivity contribution in [1.82, 2.24) is 5.32 Å². The molecule has 6 heteroatoms. The average molecular weight is 264 g/mol. The van der Waals surface area contributed by atoms with Gasteiger partial charge in [-0.2, -0.15) is 5.26 Å². The Hall–Kier alpha value is -2.00.